The Morgan fingerprint density at radius 3 is 2.49 bits per heavy atom. The summed E-state index contributed by atoms with van der Waals surface area (Å²) in [5.74, 6) is 0.159. The maximum atomic E-state index is 13.8. The first kappa shape index (κ1) is 26.3. The van der Waals surface area contributed by atoms with Gasteiger partial charge in [0.2, 0.25) is 5.91 Å². The van der Waals surface area contributed by atoms with Gasteiger partial charge in [-0.1, -0.05) is 30.3 Å². The third-order valence-corrected chi connectivity index (χ3v) is 7.06. The van der Waals surface area contributed by atoms with Gasteiger partial charge in [-0.2, -0.15) is 18.3 Å². The minimum atomic E-state index is -4.88. The molecule has 39 heavy (non-hydrogen) atoms. The van der Waals surface area contributed by atoms with Gasteiger partial charge in [0.25, 0.3) is 11.5 Å². The minimum Gasteiger partial charge on any atom is -0.491 e. The van der Waals surface area contributed by atoms with E-state index in [0.717, 1.165) is 17.3 Å². The largest absolute Gasteiger partial charge is 0.491 e. The molecule has 2 amide bonds. The van der Waals surface area contributed by atoms with Gasteiger partial charge in [0.05, 0.1) is 17.9 Å². The number of alkyl halides is 3. The zero-order chi connectivity index (χ0) is 27.7. The van der Waals surface area contributed by atoms with Crippen LogP contribution in [0.15, 0.2) is 59.5 Å². The Bertz CT molecular complexity index is 1450. The number of carbonyl (C=O) groups is 2. The minimum absolute atomic E-state index is 0.0294. The number of amides is 2. The molecule has 0 saturated carbocycles. The van der Waals surface area contributed by atoms with E-state index in [1.807, 2.05) is 17.2 Å². The number of aromatic nitrogens is 2. The van der Waals surface area contributed by atoms with Gasteiger partial charge >= 0.3 is 6.18 Å². The average molecular weight is 542 g/mol. The maximum absolute atomic E-state index is 13.8. The summed E-state index contributed by atoms with van der Waals surface area (Å²) in [4.78, 5) is 41.6. The zero-order valence-corrected chi connectivity index (χ0v) is 21.1. The van der Waals surface area contributed by atoms with Crippen LogP contribution >= 0.6 is 0 Å². The fourth-order valence-corrected chi connectivity index (χ4v) is 5.08. The smallest absolute Gasteiger partial charge is 0.423 e. The number of hydrogen-bond donors (Lipinski definition) is 1. The van der Waals surface area contributed by atoms with Gasteiger partial charge in [-0.15, -0.1) is 0 Å². The number of H-pyrrole nitrogens is 1. The van der Waals surface area contributed by atoms with Gasteiger partial charge in [0.1, 0.15) is 17.9 Å². The summed E-state index contributed by atoms with van der Waals surface area (Å²) in [5, 5.41) is 5.50. The van der Waals surface area contributed by atoms with Crippen LogP contribution in [0, 0.1) is 0 Å². The van der Waals surface area contributed by atoms with Gasteiger partial charge in [0, 0.05) is 45.2 Å². The molecule has 0 unspecified atom stereocenters. The molecule has 3 heterocycles. The summed E-state index contributed by atoms with van der Waals surface area (Å²) in [5.41, 5.74) is -0.955. The second-order valence-corrected chi connectivity index (χ2v) is 9.44. The van der Waals surface area contributed by atoms with Crippen molar-refractivity contribution in [2.45, 2.75) is 25.7 Å². The standard InChI is InChI=1S/C27H26F3N5O4/c1-17(36)33-9-11-34(12-10-33)26(38)18-6-4-7-20(13-18)39-16-23-21-8-3-2-5-19(21)15-35(23)22-14-31-32-25(37)24(22)27(28,29)30/h2-8,13-14,23H,9-12,15-16H2,1H3,(H,32,37)/t23-/m0/s1. The third kappa shape index (κ3) is 5.31. The summed E-state index contributed by atoms with van der Waals surface area (Å²) in [7, 11) is 0. The number of halogens is 3. The molecule has 0 aliphatic carbocycles. The van der Waals surface area contributed by atoms with Crippen molar-refractivity contribution in [3.8, 4) is 5.75 Å². The average Bonchev–Trinajstić information content (AvgIpc) is 3.29. The Morgan fingerprint density at radius 1 is 1.05 bits per heavy atom. The summed E-state index contributed by atoms with van der Waals surface area (Å²) in [6, 6.07) is 13.2. The van der Waals surface area contributed by atoms with Gasteiger partial charge in [-0.3, -0.25) is 14.4 Å². The number of ether oxygens (including phenoxy) is 1. The van der Waals surface area contributed by atoms with E-state index in [9.17, 15) is 27.6 Å². The van der Waals surface area contributed by atoms with E-state index in [2.05, 4.69) is 5.10 Å². The van der Waals surface area contributed by atoms with Crippen LogP contribution in [0.5, 0.6) is 5.75 Å². The monoisotopic (exact) mass is 541 g/mol. The molecule has 9 nitrogen and oxygen atoms in total. The van der Waals surface area contributed by atoms with Crippen LogP contribution < -0.4 is 15.2 Å². The maximum Gasteiger partial charge on any atom is 0.423 e. The second kappa shape index (κ2) is 10.4. The molecule has 0 radical (unpaired) electrons. The second-order valence-electron chi connectivity index (χ2n) is 9.44. The summed E-state index contributed by atoms with van der Waals surface area (Å²) in [6.45, 7) is 3.38. The van der Waals surface area contributed by atoms with E-state index in [1.54, 1.807) is 46.2 Å². The third-order valence-electron chi connectivity index (χ3n) is 7.06. The number of nitrogens with one attached hydrogen (secondary N) is 1. The number of fused-ring (bicyclic) bond motifs is 1. The molecule has 2 aliphatic heterocycles. The molecule has 1 atom stereocenters. The molecule has 12 heteroatoms. The van der Waals surface area contributed by atoms with Crippen LogP contribution in [-0.4, -0.2) is 64.6 Å². The van der Waals surface area contributed by atoms with E-state index in [-0.39, 0.29) is 30.7 Å². The molecule has 0 bridgehead atoms. The Morgan fingerprint density at radius 2 is 1.77 bits per heavy atom. The molecule has 2 aliphatic rings. The lowest BCUT2D eigenvalue weighted by Gasteiger charge is -2.34. The Hall–Kier alpha value is -4.35. The van der Waals surface area contributed by atoms with Crippen LogP contribution in [0.3, 0.4) is 0 Å². The SMILES string of the molecule is CC(=O)N1CCN(C(=O)c2cccc(OC[C@H]3c4ccccc4CN3c3cn[nH]c(=O)c3C(F)(F)F)c2)CC1. The summed E-state index contributed by atoms with van der Waals surface area (Å²) < 4.78 is 47.6. The number of hydrogen-bond acceptors (Lipinski definition) is 6. The number of rotatable bonds is 5. The van der Waals surface area contributed by atoms with Crippen LogP contribution in [0.2, 0.25) is 0 Å². The lowest BCUT2D eigenvalue weighted by Crippen LogP contribution is -2.50. The molecule has 1 saturated heterocycles. The quantitative estimate of drug-likeness (QED) is 0.533. The van der Waals surface area contributed by atoms with E-state index < -0.39 is 23.3 Å². The van der Waals surface area contributed by atoms with Gasteiger partial charge in [0.15, 0.2) is 0 Å². The van der Waals surface area contributed by atoms with E-state index in [0.29, 0.717) is 37.5 Å². The summed E-state index contributed by atoms with van der Waals surface area (Å²) >= 11 is 0. The molecule has 1 aromatic heterocycles. The normalized spacial score (nSPS) is 17.2. The fourth-order valence-electron chi connectivity index (χ4n) is 5.08. The van der Waals surface area contributed by atoms with Gasteiger partial charge in [-0.25, -0.2) is 5.10 Å². The van der Waals surface area contributed by atoms with Gasteiger partial charge in [-0.05, 0) is 29.3 Å². The molecule has 1 N–H and O–H groups in total. The van der Waals surface area contributed by atoms with Crippen LogP contribution in [0.4, 0.5) is 18.9 Å². The number of piperazine rings is 1. The lowest BCUT2D eigenvalue weighted by molar-refractivity contribution is -0.138. The highest BCUT2D eigenvalue weighted by atomic mass is 19.4. The predicted octanol–water partition coefficient (Wildman–Crippen LogP) is 3.23. The Kier molecular flexibility index (Phi) is 7.02. The molecular weight excluding hydrogens is 515 g/mol. The number of benzene rings is 2. The van der Waals surface area contributed by atoms with Crippen LogP contribution in [-0.2, 0) is 17.5 Å². The molecule has 3 aromatic rings. The molecule has 204 valence electrons. The number of aromatic amines is 1. The fraction of sp³-hybridized carbons (Fsp3) is 0.333. The van der Waals surface area contributed by atoms with Crippen LogP contribution in [0.1, 0.15) is 40.0 Å². The highest BCUT2D eigenvalue weighted by Crippen LogP contribution is 2.42. The van der Waals surface area contributed by atoms with Crippen molar-refractivity contribution in [1.82, 2.24) is 20.0 Å². The number of nitrogens with zero attached hydrogens (tertiary/aromatic N) is 4. The zero-order valence-electron chi connectivity index (χ0n) is 21.1. The molecule has 5 rings (SSSR count). The van der Waals surface area contributed by atoms with Crippen molar-refractivity contribution in [1.29, 1.82) is 0 Å². The van der Waals surface area contributed by atoms with E-state index in [4.69, 9.17) is 4.74 Å². The first-order valence-electron chi connectivity index (χ1n) is 12.4. The number of anilines is 1. The highest BCUT2D eigenvalue weighted by molar-refractivity contribution is 5.94. The molecular formula is C27H26F3N5O4. The summed E-state index contributed by atoms with van der Waals surface area (Å²) in [6.07, 6.45) is -3.87. The van der Waals surface area contributed by atoms with Crippen molar-refractivity contribution in [2.24, 2.45) is 0 Å². The first-order valence-corrected chi connectivity index (χ1v) is 12.4. The van der Waals surface area contributed by atoms with Gasteiger partial charge < -0.3 is 19.4 Å². The Labute approximate surface area is 221 Å². The van der Waals surface area contributed by atoms with E-state index in [1.165, 1.54) is 11.8 Å². The highest BCUT2D eigenvalue weighted by Gasteiger charge is 2.42. The number of carbonyl (C=O) groups excluding carboxylic acids is 2. The van der Waals surface area contributed by atoms with Crippen molar-refractivity contribution in [3.05, 3.63) is 87.3 Å². The van der Waals surface area contributed by atoms with Crippen molar-refractivity contribution >= 4 is 17.5 Å². The van der Waals surface area contributed by atoms with E-state index >= 15 is 0 Å². The first-order chi connectivity index (χ1) is 18.6. The Balaban J connectivity index is 1.37. The molecule has 2 aromatic carbocycles. The molecule has 0 spiro atoms. The topological polar surface area (TPSA) is 98.8 Å². The lowest BCUT2D eigenvalue weighted by atomic mass is 10.1. The van der Waals surface area contributed by atoms with Crippen molar-refractivity contribution in [3.63, 3.8) is 0 Å². The molecule has 1 fully saturated rings. The van der Waals surface area contributed by atoms with Crippen molar-refractivity contribution < 1.29 is 27.5 Å². The van der Waals surface area contributed by atoms with Crippen molar-refractivity contribution in [2.75, 3.05) is 37.7 Å². The predicted molar refractivity (Wildman–Crippen MR) is 135 cm³/mol. The van der Waals surface area contributed by atoms with Crippen LogP contribution in [0.25, 0.3) is 0 Å².